The van der Waals surface area contributed by atoms with Gasteiger partial charge in [0.2, 0.25) is 0 Å². The van der Waals surface area contributed by atoms with Crippen LogP contribution in [0.4, 0.5) is 0 Å². The molecule has 0 heterocycles. The third-order valence-electron chi connectivity index (χ3n) is 3.91. The molecule has 1 atom stereocenters. The highest BCUT2D eigenvalue weighted by molar-refractivity contribution is 5.95. The predicted octanol–water partition coefficient (Wildman–Crippen LogP) is 3.12. The second-order valence-electron chi connectivity index (χ2n) is 5.95. The number of benzene rings is 2. The van der Waals surface area contributed by atoms with Crippen LogP contribution in [0, 0.1) is 6.92 Å². The summed E-state index contributed by atoms with van der Waals surface area (Å²) >= 11 is 0. The van der Waals surface area contributed by atoms with Crippen LogP contribution >= 0.6 is 0 Å². The Labute approximate surface area is 141 Å². The third kappa shape index (κ3) is 4.13. The molecule has 2 rings (SSSR count). The molecule has 0 aliphatic rings. The maximum Gasteiger partial charge on any atom is 0.306 e. The van der Waals surface area contributed by atoms with Gasteiger partial charge in [-0.2, -0.15) is 0 Å². The predicted molar refractivity (Wildman–Crippen MR) is 91.2 cm³/mol. The molecule has 0 spiro atoms. The number of carboxylic acid groups (broad SMARTS) is 1. The van der Waals surface area contributed by atoms with Crippen molar-refractivity contribution in [3.8, 4) is 5.75 Å². The molecule has 2 N–H and O–H groups in total. The Balaban J connectivity index is 2.34. The van der Waals surface area contributed by atoms with E-state index in [1.165, 1.54) is 0 Å². The van der Waals surface area contributed by atoms with Crippen molar-refractivity contribution in [2.24, 2.45) is 0 Å². The number of aliphatic carboxylic acids is 1. The van der Waals surface area contributed by atoms with Crippen molar-refractivity contribution in [3.63, 3.8) is 0 Å². The zero-order chi connectivity index (χ0) is 17.7. The quantitative estimate of drug-likeness (QED) is 0.855. The summed E-state index contributed by atoms with van der Waals surface area (Å²) in [5.74, 6) is -0.709. The number of carboxylic acids is 1. The number of methoxy groups -OCH3 is 1. The van der Waals surface area contributed by atoms with E-state index in [0.717, 1.165) is 5.56 Å². The van der Waals surface area contributed by atoms with E-state index in [2.05, 4.69) is 5.32 Å². The van der Waals surface area contributed by atoms with Gasteiger partial charge < -0.3 is 15.2 Å². The van der Waals surface area contributed by atoms with Crippen LogP contribution in [0.5, 0.6) is 5.75 Å². The number of hydrogen-bond acceptors (Lipinski definition) is 3. The lowest BCUT2D eigenvalue weighted by Crippen LogP contribution is -2.45. The van der Waals surface area contributed by atoms with E-state index in [9.17, 15) is 14.7 Å². The molecule has 1 unspecified atom stereocenters. The topological polar surface area (TPSA) is 75.6 Å². The highest BCUT2D eigenvalue weighted by Gasteiger charge is 2.32. The number of nitrogens with one attached hydrogen (secondary N) is 1. The minimum atomic E-state index is -1.05. The molecule has 126 valence electrons. The lowest BCUT2D eigenvalue weighted by atomic mass is 9.88. The summed E-state index contributed by atoms with van der Waals surface area (Å²) < 4.78 is 5.20. The van der Waals surface area contributed by atoms with Crippen molar-refractivity contribution >= 4 is 11.9 Å². The first kappa shape index (κ1) is 17.5. The van der Waals surface area contributed by atoms with E-state index < -0.39 is 11.5 Å². The third-order valence-corrected chi connectivity index (χ3v) is 3.91. The first-order chi connectivity index (χ1) is 11.3. The van der Waals surface area contributed by atoms with Gasteiger partial charge in [-0.15, -0.1) is 0 Å². The van der Waals surface area contributed by atoms with Gasteiger partial charge >= 0.3 is 5.97 Å². The van der Waals surface area contributed by atoms with Crippen LogP contribution in [0.1, 0.15) is 34.8 Å². The van der Waals surface area contributed by atoms with E-state index >= 15 is 0 Å². The Morgan fingerprint density at radius 1 is 1.17 bits per heavy atom. The van der Waals surface area contributed by atoms with Gasteiger partial charge in [0.05, 0.1) is 19.1 Å². The highest BCUT2D eigenvalue weighted by Crippen LogP contribution is 2.28. The number of hydrogen-bond donors (Lipinski definition) is 2. The van der Waals surface area contributed by atoms with E-state index in [-0.39, 0.29) is 12.3 Å². The minimum absolute atomic E-state index is 0.238. The molecule has 0 aromatic heterocycles. The van der Waals surface area contributed by atoms with Gasteiger partial charge in [0, 0.05) is 5.56 Å². The largest absolute Gasteiger partial charge is 0.497 e. The molecule has 5 heteroatoms. The SMILES string of the molecule is COc1cccc(C(C)(CC(=O)O)NC(=O)c2ccc(C)cc2)c1. The number of amides is 1. The zero-order valence-electron chi connectivity index (χ0n) is 14.0. The Bertz CT molecular complexity index is 739. The van der Waals surface area contributed by atoms with Crippen molar-refractivity contribution in [2.75, 3.05) is 7.11 Å². The highest BCUT2D eigenvalue weighted by atomic mass is 16.5. The standard InChI is InChI=1S/C19H21NO4/c1-13-7-9-14(10-8-13)18(23)20-19(2,12-17(21)22)15-5-4-6-16(11-15)24-3/h4-11H,12H2,1-3H3,(H,20,23)(H,21,22). The van der Waals surface area contributed by atoms with Gasteiger partial charge in [0.15, 0.2) is 0 Å². The molecule has 24 heavy (non-hydrogen) atoms. The lowest BCUT2D eigenvalue weighted by Gasteiger charge is -2.30. The smallest absolute Gasteiger partial charge is 0.306 e. The zero-order valence-corrected chi connectivity index (χ0v) is 14.0. The molecule has 0 bridgehead atoms. The summed E-state index contributed by atoms with van der Waals surface area (Å²) in [6.07, 6.45) is -0.238. The average Bonchev–Trinajstić information content (AvgIpc) is 2.54. The van der Waals surface area contributed by atoms with Crippen LogP contribution in [0.3, 0.4) is 0 Å². The monoisotopic (exact) mass is 327 g/mol. The lowest BCUT2D eigenvalue weighted by molar-refractivity contribution is -0.138. The second-order valence-corrected chi connectivity index (χ2v) is 5.95. The Morgan fingerprint density at radius 3 is 2.42 bits per heavy atom. The van der Waals surface area contributed by atoms with Gasteiger partial charge in [-0.25, -0.2) is 0 Å². The fourth-order valence-electron chi connectivity index (χ4n) is 2.51. The normalized spacial score (nSPS) is 13.0. The number of rotatable bonds is 6. The molecule has 5 nitrogen and oxygen atoms in total. The van der Waals surface area contributed by atoms with Crippen LogP contribution in [-0.2, 0) is 10.3 Å². The molecular weight excluding hydrogens is 306 g/mol. The van der Waals surface area contributed by atoms with E-state index in [4.69, 9.17) is 4.74 Å². The van der Waals surface area contributed by atoms with Crippen LogP contribution in [0.15, 0.2) is 48.5 Å². The van der Waals surface area contributed by atoms with Crippen LogP contribution < -0.4 is 10.1 Å². The van der Waals surface area contributed by atoms with Crippen molar-refractivity contribution in [1.29, 1.82) is 0 Å². The molecule has 2 aromatic rings. The molecule has 2 aromatic carbocycles. The van der Waals surface area contributed by atoms with Crippen LogP contribution in [0.2, 0.25) is 0 Å². The van der Waals surface area contributed by atoms with E-state index in [1.807, 2.05) is 19.1 Å². The molecule has 0 fully saturated rings. The van der Waals surface area contributed by atoms with Crippen molar-refractivity contribution < 1.29 is 19.4 Å². The molecule has 0 saturated heterocycles. The number of carbonyl (C=O) groups is 2. The Kier molecular flexibility index (Phi) is 5.24. The summed E-state index contributed by atoms with van der Waals surface area (Å²) in [6, 6.07) is 14.2. The second kappa shape index (κ2) is 7.17. The Morgan fingerprint density at radius 2 is 1.83 bits per heavy atom. The summed E-state index contributed by atoms with van der Waals surface area (Å²) in [7, 11) is 1.54. The maximum absolute atomic E-state index is 12.5. The Hall–Kier alpha value is -2.82. The molecule has 1 amide bonds. The fourth-order valence-corrected chi connectivity index (χ4v) is 2.51. The summed E-state index contributed by atoms with van der Waals surface area (Å²) in [5.41, 5.74) is 1.15. The van der Waals surface area contributed by atoms with Crippen molar-refractivity contribution in [2.45, 2.75) is 25.8 Å². The van der Waals surface area contributed by atoms with Crippen LogP contribution in [0.25, 0.3) is 0 Å². The molecular formula is C19H21NO4. The molecule has 0 radical (unpaired) electrons. The summed E-state index contributed by atoms with van der Waals surface area (Å²) in [6.45, 7) is 3.63. The first-order valence-corrected chi connectivity index (χ1v) is 7.59. The minimum Gasteiger partial charge on any atom is -0.497 e. The summed E-state index contributed by atoms with van der Waals surface area (Å²) in [4.78, 5) is 23.9. The van der Waals surface area contributed by atoms with Crippen LogP contribution in [-0.4, -0.2) is 24.1 Å². The maximum atomic E-state index is 12.5. The summed E-state index contributed by atoms with van der Waals surface area (Å²) in [5, 5.41) is 12.1. The fraction of sp³-hybridized carbons (Fsp3) is 0.263. The average molecular weight is 327 g/mol. The molecule has 0 aliphatic carbocycles. The van der Waals surface area contributed by atoms with Gasteiger partial charge in [-0.05, 0) is 43.7 Å². The van der Waals surface area contributed by atoms with E-state index in [1.54, 1.807) is 50.4 Å². The van der Waals surface area contributed by atoms with Gasteiger partial charge in [-0.3, -0.25) is 9.59 Å². The number of aryl methyl sites for hydroxylation is 1. The van der Waals surface area contributed by atoms with E-state index in [0.29, 0.717) is 16.9 Å². The van der Waals surface area contributed by atoms with Gasteiger partial charge in [0.25, 0.3) is 5.91 Å². The van der Waals surface area contributed by atoms with Crippen molar-refractivity contribution in [1.82, 2.24) is 5.32 Å². The van der Waals surface area contributed by atoms with Crippen molar-refractivity contribution in [3.05, 3.63) is 65.2 Å². The molecule has 0 saturated carbocycles. The number of carbonyl (C=O) groups excluding carboxylic acids is 1. The number of ether oxygens (including phenoxy) is 1. The van der Waals surface area contributed by atoms with Gasteiger partial charge in [0.1, 0.15) is 5.75 Å². The van der Waals surface area contributed by atoms with Gasteiger partial charge in [-0.1, -0.05) is 29.8 Å². The first-order valence-electron chi connectivity index (χ1n) is 7.59. The molecule has 0 aliphatic heterocycles.